The zero-order chi connectivity index (χ0) is 20.2. The molecule has 1 fully saturated rings. The summed E-state index contributed by atoms with van der Waals surface area (Å²) in [5.41, 5.74) is 1.93. The molecule has 1 aromatic heterocycles. The highest BCUT2D eigenvalue weighted by molar-refractivity contribution is 6.04. The molecule has 7 nitrogen and oxygen atoms in total. The summed E-state index contributed by atoms with van der Waals surface area (Å²) in [7, 11) is 2.15. The van der Waals surface area contributed by atoms with Gasteiger partial charge in [-0.2, -0.15) is 5.10 Å². The molecule has 1 amide bonds. The van der Waals surface area contributed by atoms with Gasteiger partial charge in [0.15, 0.2) is 5.69 Å². The Morgan fingerprint density at radius 3 is 2.72 bits per heavy atom. The van der Waals surface area contributed by atoms with Gasteiger partial charge in [0.05, 0.1) is 5.52 Å². The SMILES string of the molecule is CN1CCN(CCc2cccc(NC(=O)c3n[nH]c4ccccc4c3=O)c2)CC1. The van der Waals surface area contributed by atoms with E-state index < -0.39 is 5.91 Å². The van der Waals surface area contributed by atoms with Crippen molar-refractivity contribution in [1.82, 2.24) is 20.0 Å². The number of nitrogens with one attached hydrogen (secondary N) is 2. The summed E-state index contributed by atoms with van der Waals surface area (Å²) in [6.07, 6.45) is 0.919. The molecule has 2 N–H and O–H groups in total. The van der Waals surface area contributed by atoms with Crippen LogP contribution < -0.4 is 10.7 Å². The number of likely N-dealkylation sites (N-methyl/N-ethyl adjacent to an activating group) is 1. The number of fused-ring (bicyclic) bond motifs is 1. The number of carbonyl (C=O) groups is 1. The molecule has 150 valence electrons. The summed E-state index contributed by atoms with van der Waals surface area (Å²) in [4.78, 5) is 30.0. The van der Waals surface area contributed by atoms with Crippen LogP contribution in [-0.4, -0.2) is 65.7 Å². The monoisotopic (exact) mass is 391 g/mol. The first kappa shape index (κ1) is 19.3. The zero-order valence-electron chi connectivity index (χ0n) is 16.5. The maximum absolute atomic E-state index is 12.6. The number of para-hydroxylation sites is 1. The van der Waals surface area contributed by atoms with E-state index in [2.05, 4.69) is 38.4 Å². The minimum atomic E-state index is -0.506. The van der Waals surface area contributed by atoms with Gasteiger partial charge in [0, 0.05) is 43.8 Å². The molecule has 0 spiro atoms. The van der Waals surface area contributed by atoms with Crippen LogP contribution in [0.1, 0.15) is 16.1 Å². The number of aromatic amines is 1. The van der Waals surface area contributed by atoms with E-state index in [1.165, 1.54) is 0 Å². The topological polar surface area (TPSA) is 81.3 Å². The summed E-state index contributed by atoms with van der Waals surface area (Å²) in [6.45, 7) is 5.37. The van der Waals surface area contributed by atoms with E-state index in [0.29, 0.717) is 16.6 Å². The van der Waals surface area contributed by atoms with Gasteiger partial charge < -0.3 is 15.1 Å². The highest BCUT2D eigenvalue weighted by Gasteiger charge is 2.16. The molecule has 2 heterocycles. The lowest BCUT2D eigenvalue weighted by atomic mass is 10.1. The van der Waals surface area contributed by atoms with Gasteiger partial charge in [-0.3, -0.25) is 14.7 Å². The predicted octanol–water partition coefficient (Wildman–Crippen LogP) is 1.97. The first-order chi connectivity index (χ1) is 14.1. The van der Waals surface area contributed by atoms with E-state index in [-0.39, 0.29) is 11.1 Å². The van der Waals surface area contributed by atoms with Crippen molar-refractivity contribution in [1.29, 1.82) is 0 Å². The molecule has 29 heavy (non-hydrogen) atoms. The molecular weight excluding hydrogens is 366 g/mol. The van der Waals surface area contributed by atoms with Crippen molar-refractivity contribution in [3.63, 3.8) is 0 Å². The van der Waals surface area contributed by atoms with Gasteiger partial charge in [-0.1, -0.05) is 24.3 Å². The second-order valence-corrected chi connectivity index (χ2v) is 7.50. The lowest BCUT2D eigenvalue weighted by Crippen LogP contribution is -2.45. The second kappa shape index (κ2) is 8.55. The van der Waals surface area contributed by atoms with E-state index in [9.17, 15) is 9.59 Å². The summed E-state index contributed by atoms with van der Waals surface area (Å²) in [6, 6.07) is 14.8. The van der Waals surface area contributed by atoms with Crippen LogP contribution in [0.2, 0.25) is 0 Å². The Balaban J connectivity index is 1.43. The number of piperazine rings is 1. The van der Waals surface area contributed by atoms with Crippen LogP contribution >= 0.6 is 0 Å². The normalized spacial score (nSPS) is 15.5. The van der Waals surface area contributed by atoms with Crippen molar-refractivity contribution >= 4 is 22.5 Å². The Bertz CT molecular complexity index is 1070. The molecule has 3 aromatic rings. The molecular formula is C22H25N5O2. The van der Waals surface area contributed by atoms with Crippen molar-refractivity contribution in [2.45, 2.75) is 6.42 Å². The third kappa shape index (κ3) is 4.52. The Kier molecular flexibility index (Phi) is 5.69. The van der Waals surface area contributed by atoms with Crippen molar-refractivity contribution < 1.29 is 4.79 Å². The van der Waals surface area contributed by atoms with Gasteiger partial charge in [-0.25, -0.2) is 0 Å². The fourth-order valence-corrected chi connectivity index (χ4v) is 3.58. The summed E-state index contributed by atoms with van der Waals surface area (Å²) >= 11 is 0. The lowest BCUT2D eigenvalue weighted by molar-refractivity contribution is 0.102. The van der Waals surface area contributed by atoms with Gasteiger partial charge in [0.25, 0.3) is 5.91 Å². The van der Waals surface area contributed by atoms with Crippen molar-refractivity contribution in [3.05, 3.63) is 70.0 Å². The summed E-state index contributed by atoms with van der Waals surface area (Å²) < 4.78 is 0. The third-order valence-corrected chi connectivity index (χ3v) is 5.39. The van der Waals surface area contributed by atoms with Crippen molar-refractivity contribution in [2.24, 2.45) is 0 Å². The van der Waals surface area contributed by atoms with E-state index in [1.807, 2.05) is 24.3 Å². The Hall–Kier alpha value is -3.03. The van der Waals surface area contributed by atoms with Crippen LogP contribution in [0.15, 0.2) is 53.3 Å². The fraction of sp³-hybridized carbons (Fsp3) is 0.318. The third-order valence-electron chi connectivity index (χ3n) is 5.39. The quantitative estimate of drug-likeness (QED) is 0.695. The molecule has 1 aliphatic heterocycles. The minimum Gasteiger partial charge on any atom is -0.320 e. The number of nitrogens with zero attached hydrogens (tertiary/aromatic N) is 3. The highest BCUT2D eigenvalue weighted by Crippen LogP contribution is 2.13. The van der Waals surface area contributed by atoms with E-state index in [1.54, 1.807) is 18.2 Å². The maximum atomic E-state index is 12.6. The smallest absolute Gasteiger partial charge is 0.280 e. The van der Waals surface area contributed by atoms with Crippen molar-refractivity contribution in [3.8, 4) is 0 Å². The van der Waals surface area contributed by atoms with E-state index in [4.69, 9.17) is 0 Å². The molecule has 0 radical (unpaired) electrons. The number of aromatic nitrogens is 2. The fourth-order valence-electron chi connectivity index (χ4n) is 3.58. The number of anilines is 1. The van der Waals surface area contributed by atoms with Gasteiger partial charge in [-0.15, -0.1) is 0 Å². The first-order valence-corrected chi connectivity index (χ1v) is 9.89. The number of hydrogen-bond acceptors (Lipinski definition) is 5. The van der Waals surface area contributed by atoms with Crippen LogP contribution in [0, 0.1) is 0 Å². The zero-order valence-corrected chi connectivity index (χ0v) is 16.5. The molecule has 0 saturated carbocycles. The molecule has 4 rings (SSSR count). The van der Waals surface area contributed by atoms with Gasteiger partial charge >= 0.3 is 0 Å². The van der Waals surface area contributed by atoms with E-state index >= 15 is 0 Å². The second-order valence-electron chi connectivity index (χ2n) is 7.50. The van der Waals surface area contributed by atoms with Gasteiger partial charge in [0.1, 0.15) is 0 Å². The average molecular weight is 391 g/mol. The molecule has 0 unspecified atom stereocenters. The molecule has 0 atom stereocenters. The average Bonchev–Trinajstić information content (AvgIpc) is 2.74. The molecule has 0 aliphatic carbocycles. The number of hydrogen-bond donors (Lipinski definition) is 2. The minimum absolute atomic E-state index is 0.133. The molecule has 1 saturated heterocycles. The Labute approximate surface area is 169 Å². The number of benzene rings is 2. The first-order valence-electron chi connectivity index (χ1n) is 9.89. The number of amides is 1. The maximum Gasteiger partial charge on any atom is 0.280 e. The van der Waals surface area contributed by atoms with Crippen molar-refractivity contribution in [2.75, 3.05) is 45.1 Å². The summed E-state index contributed by atoms with van der Waals surface area (Å²) in [5.74, 6) is -0.506. The van der Waals surface area contributed by atoms with Crippen LogP contribution in [-0.2, 0) is 6.42 Å². The Morgan fingerprint density at radius 1 is 1.10 bits per heavy atom. The standard InChI is InChI=1S/C22H25N5O2/c1-26-11-13-27(14-12-26)10-9-16-5-4-6-17(15-16)23-22(29)20-21(28)18-7-2-3-8-19(18)24-25-20/h2-8,15H,9-14H2,1H3,(H,23,29)(H,24,28). The number of carbonyl (C=O) groups excluding carboxylic acids is 1. The number of rotatable bonds is 5. The Morgan fingerprint density at radius 2 is 1.90 bits per heavy atom. The lowest BCUT2D eigenvalue weighted by Gasteiger charge is -2.32. The van der Waals surface area contributed by atoms with Gasteiger partial charge in [-0.05, 0) is 43.3 Å². The molecule has 7 heteroatoms. The largest absolute Gasteiger partial charge is 0.320 e. The van der Waals surface area contributed by atoms with Gasteiger partial charge in [0.2, 0.25) is 5.43 Å². The molecule has 1 aliphatic rings. The predicted molar refractivity (Wildman–Crippen MR) is 114 cm³/mol. The van der Waals surface area contributed by atoms with Crippen LogP contribution in [0.4, 0.5) is 5.69 Å². The number of H-pyrrole nitrogens is 1. The van der Waals surface area contributed by atoms with Crippen LogP contribution in [0.5, 0.6) is 0 Å². The molecule has 0 bridgehead atoms. The van der Waals surface area contributed by atoms with Crippen LogP contribution in [0.25, 0.3) is 10.9 Å². The highest BCUT2D eigenvalue weighted by atomic mass is 16.2. The van der Waals surface area contributed by atoms with E-state index in [0.717, 1.165) is 44.7 Å². The molecule has 2 aromatic carbocycles. The van der Waals surface area contributed by atoms with Crippen LogP contribution in [0.3, 0.4) is 0 Å². The summed E-state index contributed by atoms with van der Waals surface area (Å²) in [5, 5.41) is 10.0.